The van der Waals surface area contributed by atoms with Crippen molar-refractivity contribution in [3.05, 3.63) is 106 Å². The number of hydrogen-bond acceptors (Lipinski definition) is 7. The largest absolute Gasteiger partial charge is 0.433 e. The molecule has 4 aromatic rings. The number of benzene rings is 2. The van der Waals surface area contributed by atoms with E-state index in [0.717, 1.165) is 53.8 Å². The van der Waals surface area contributed by atoms with Gasteiger partial charge in [0, 0.05) is 31.6 Å². The van der Waals surface area contributed by atoms with Crippen LogP contribution in [0.5, 0.6) is 0 Å². The van der Waals surface area contributed by atoms with Gasteiger partial charge in [0.2, 0.25) is 5.91 Å². The minimum absolute atomic E-state index is 0.145. The number of thioether (sulfide) groups is 1. The summed E-state index contributed by atoms with van der Waals surface area (Å²) in [7, 11) is 0. The molecule has 2 aromatic carbocycles. The molecule has 0 aliphatic carbocycles. The molecule has 2 aromatic heterocycles. The molecule has 0 N–H and O–H groups in total. The molecule has 12 heteroatoms. The number of rotatable bonds is 14. The number of likely N-dealkylation sites (N-methyl/N-ethyl adjacent to an activating group) is 1. The number of nitrogens with zero attached hydrogens (tertiary/aromatic N) is 6. The first-order valence-corrected chi connectivity index (χ1v) is 15.9. The number of halogens is 3. The highest BCUT2D eigenvalue weighted by molar-refractivity contribution is 7.98. The van der Waals surface area contributed by atoms with E-state index in [4.69, 9.17) is 0 Å². The average molecular weight is 639 g/mol. The Labute approximate surface area is 265 Å². The van der Waals surface area contributed by atoms with Crippen molar-refractivity contribution in [2.75, 3.05) is 26.2 Å². The van der Waals surface area contributed by atoms with Crippen LogP contribution in [0.15, 0.2) is 82.9 Å². The lowest BCUT2D eigenvalue weighted by Gasteiger charge is -2.27. The Kier molecular flexibility index (Phi) is 11.9. The second-order valence-electron chi connectivity index (χ2n) is 10.4. The Bertz CT molecular complexity index is 1590. The van der Waals surface area contributed by atoms with Gasteiger partial charge in [-0.1, -0.05) is 93.2 Å². The van der Waals surface area contributed by atoms with E-state index in [0.29, 0.717) is 31.6 Å². The van der Waals surface area contributed by atoms with Gasteiger partial charge in [-0.3, -0.25) is 14.6 Å². The Morgan fingerprint density at radius 3 is 2.16 bits per heavy atom. The third-order valence-corrected chi connectivity index (χ3v) is 8.41. The molecule has 0 radical (unpaired) electrons. The minimum Gasteiger partial charge on any atom is -0.335 e. The smallest absolute Gasteiger partial charge is 0.335 e. The van der Waals surface area contributed by atoms with Crippen molar-refractivity contribution in [2.24, 2.45) is 0 Å². The molecule has 2 heterocycles. The molecule has 8 nitrogen and oxygen atoms in total. The van der Waals surface area contributed by atoms with Gasteiger partial charge in [-0.15, -0.1) is 0 Å². The molecule has 0 bridgehead atoms. The monoisotopic (exact) mass is 638 g/mol. The van der Waals surface area contributed by atoms with E-state index in [9.17, 15) is 22.8 Å². The zero-order valence-electron chi connectivity index (χ0n) is 25.6. The van der Waals surface area contributed by atoms with Gasteiger partial charge in [-0.25, -0.2) is 4.68 Å². The van der Waals surface area contributed by atoms with Gasteiger partial charge in [-0.2, -0.15) is 23.3 Å². The van der Waals surface area contributed by atoms with Crippen LogP contribution in [-0.2, 0) is 36.2 Å². The minimum atomic E-state index is -4.53. The molecule has 4 rings (SSSR count). The molecule has 45 heavy (non-hydrogen) atoms. The van der Waals surface area contributed by atoms with Crippen LogP contribution < -0.4 is 5.56 Å². The SMILES string of the molecule is CCc1nn(CC(=O)N(CCN(CC)CC)Cc2ccc(-c3ccccc3)cc2)c(SCc2ccc(C(F)(F)F)nc2)nc1=O. The molecule has 0 fully saturated rings. The molecule has 0 saturated heterocycles. The quantitative estimate of drug-likeness (QED) is 0.158. The van der Waals surface area contributed by atoms with Crippen molar-refractivity contribution in [1.82, 2.24) is 29.5 Å². The molecule has 0 spiro atoms. The summed E-state index contributed by atoms with van der Waals surface area (Å²) in [5, 5.41) is 4.66. The van der Waals surface area contributed by atoms with Gasteiger partial charge in [0.15, 0.2) is 5.16 Å². The highest BCUT2D eigenvalue weighted by atomic mass is 32.2. The summed E-state index contributed by atoms with van der Waals surface area (Å²) in [6.45, 7) is 9.09. The molecular weight excluding hydrogens is 601 g/mol. The number of carbonyl (C=O) groups excluding carboxylic acids is 1. The third-order valence-electron chi connectivity index (χ3n) is 7.38. The summed E-state index contributed by atoms with van der Waals surface area (Å²) in [6.07, 6.45) is -3.04. The van der Waals surface area contributed by atoms with Gasteiger partial charge >= 0.3 is 6.18 Å². The van der Waals surface area contributed by atoms with E-state index in [2.05, 4.69) is 45.9 Å². The van der Waals surface area contributed by atoms with Crippen molar-refractivity contribution >= 4 is 17.7 Å². The first-order chi connectivity index (χ1) is 21.6. The normalized spacial score (nSPS) is 11.6. The summed E-state index contributed by atoms with van der Waals surface area (Å²) in [5.41, 5.74) is 2.44. The summed E-state index contributed by atoms with van der Waals surface area (Å²) in [5.74, 6) is 0.00517. The van der Waals surface area contributed by atoms with Crippen LogP contribution in [-0.4, -0.2) is 61.6 Å². The standard InChI is InChI=1S/C33H37F3N6O2S/c1-4-28-31(44)38-32(45-23-25-14-17-29(37-20-25)33(34,35)36)42(39-28)22-30(43)41(19-18-40(5-2)6-3)21-24-12-15-27(16-13-24)26-10-8-7-9-11-26/h7-17,20H,4-6,18-19,21-23H2,1-3H3. The molecule has 0 atom stereocenters. The van der Waals surface area contributed by atoms with Gasteiger partial charge < -0.3 is 9.80 Å². The van der Waals surface area contributed by atoms with Crippen LogP contribution in [0.3, 0.4) is 0 Å². The first-order valence-electron chi connectivity index (χ1n) is 14.9. The van der Waals surface area contributed by atoms with E-state index < -0.39 is 17.4 Å². The fourth-order valence-corrected chi connectivity index (χ4v) is 5.54. The van der Waals surface area contributed by atoms with Crippen molar-refractivity contribution < 1.29 is 18.0 Å². The van der Waals surface area contributed by atoms with E-state index >= 15 is 0 Å². The summed E-state index contributed by atoms with van der Waals surface area (Å²) in [6, 6.07) is 20.4. The van der Waals surface area contributed by atoms with Gasteiger partial charge in [-0.05, 0) is 47.8 Å². The fraction of sp³-hybridized carbons (Fsp3) is 0.364. The highest BCUT2D eigenvalue weighted by Gasteiger charge is 2.32. The summed E-state index contributed by atoms with van der Waals surface area (Å²) >= 11 is 1.12. The van der Waals surface area contributed by atoms with Crippen molar-refractivity contribution in [3.8, 4) is 11.1 Å². The van der Waals surface area contributed by atoms with Crippen molar-refractivity contribution in [1.29, 1.82) is 0 Å². The Morgan fingerprint density at radius 2 is 1.56 bits per heavy atom. The lowest BCUT2D eigenvalue weighted by atomic mass is 10.0. The van der Waals surface area contributed by atoms with Gasteiger partial charge in [0.25, 0.3) is 5.56 Å². The summed E-state index contributed by atoms with van der Waals surface area (Å²) < 4.78 is 40.2. The first kappa shape index (κ1) is 33.9. The lowest BCUT2D eigenvalue weighted by molar-refractivity contribution is -0.141. The fourth-order valence-electron chi connectivity index (χ4n) is 4.67. The molecular formula is C33H37F3N6O2S. The maximum atomic E-state index is 13.9. The van der Waals surface area contributed by atoms with Crippen LogP contribution in [0, 0.1) is 0 Å². The molecule has 0 unspecified atom stereocenters. The molecule has 0 aliphatic heterocycles. The number of alkyl halides is 3. The third kappa shape index (κ3) is 9.48. The maximum absolute atomic E-state index is 13.9. The lowest BCUT2D eigenvalue weighted by Crippen LogP contribution is -2.40. The maximum Gasteiger partial charge on any atom is 0.433 e. The zero-order valence-corrected chi connectivity index (χ0v) is 26.4. The molecule has 238 valence electrons. The molecule has 0 saturated carbocycles. The Balaban J connectivity index is 1.55. The highest BCUT2D eigenvalue weighted by Crippen LogP contribution is 2.28. The van der Waals surface area contributed by atoms with Crippen LogP contribution >= 0.6 is 11.8 Å². The number of carbonyl (C=O) groups is 1. The van der Waals surface area contributed by atoms with Crippen LogP contribution in [0.2, 0.25) is 0 Å². The number of aryl methyl sites for hydroxylation is 1. The molecule has 1 amide bonds. The predicted octanol–water partition coefficient (Wildman–Crippen LogP) is 5.94. The zero-order chi connectivity index (χ0) is 32.4. The number of pyridine rings is 1. The van der Waals surface area contributed by atoms with Crippen LogP contribution in [0.4, 0.5) is 13.2 Å². The van der Waals surface area contributed by atoms with E-state index in [1.807, 2.05) is 42.5 Å². The van der Waals surface area contributed by atoms with E-state index in [-0.39, 0.29) is 29.1 Å². The van der Waals surface area contributed by atoms with E-state index in [1.54, 1.807) is 11.8 Å². The van der Waals surface area contributed by atoms with Crippen molar-refractivity contribution in [3.63, 3.8) is 0 Å². The summed E-state index contributed by atoms with van der Waals surface area (Å²) in [4.78, 5) is 38.2. The molecule has 0 aliphatic rings. The second-order valence-corrected chi connectivity index (χ2v) is 11.3. The average Bonchev–Trinajstić information content (AvgIpc) is 3.05. The number of aromatic nitrogens is 4. The number of amides is 1. The van der Waals surface area contributed by atoms with Gasteiger partial charge in [0.05, 0.1) is 0 Å². The van der Waals surface area contributed by atoms with Gasteiger partial charge in [0.1, 0.15) is 17.9 Å². The Hall–Kier alpha value is -4.03. The predicted molar refractivity (Wildman–Crippen MR) is 170 cm³/mol. The van der Waals surface area contributed by atoms with Crippen molar-refractivity contribution in [2.45, 2.75) is 57.4 Å². The van der Waals surface area contributed by atoms with Crippen LogP contribution in [0.25, 0.3) is 11.1 Å². The number of hydrogen-bond donors (Lipinski definition) is 0. The van der Waals surface area contributed by atoms with E-state index in [1.165, 1.54) is 10.7 Å². The topological polar surface area (TPSA) is 84.2 Å². The second kappa shape index (κ2) is 15.8. The Morgan fingerprint density at radius 1 is 0.889 bits per heavy atom. The van der Waals surface area contributed by atoms with Crippen LogP contribution in [0.1, 0.15) is 43.3 Å².